The number of halogens is 1. The summed E-state index contributed by atoms with van der Waals surface area (Å²) in [6.45, 7) is 2.35. The molecule has 0 radical (unpaired) electrons. The third-order valence-electron chi connectivity index (χ3n) is 4.36. The minimum absolute atomic E-state index is 0.113. The average molecular weight is 397 g/mol. The molecule has 0 atom stereocenters. The molecular formula is C19H16FN5O2S. The lowest BCUT2D eigenvalue weighted by Gasteiger charge is -2.09. The topological polar surface area (TPSA) is 92.7 Å². The quantitative estimate of drug-likeness (QED) is 0.542. The predicted octanol–water partition coefficient (Wildman–Crippen LogP) is 2.73. The molecule has 0 spiro atoms. The van der Waals surface area contributed by atoms with Crippen LogP contribution in [0.15, 0.2) is 46.6 Å². The Morgan fingerprint density at radius 3 is 2.86 bits per heavy atom. The summed E-state index contributed by atoms with van der Waals surface area (Å²) in [4.78, 5) is 30.0. The summed E-state index contributed by atoms with van der Waals surface area (Å²) in [5, 5.41) is 11.9. The fourth-order valence-electron chi connectivity index (χ4n) is 2.90. The highest BCUT2D eigenvalue weighted by molar-refractivity contribution is 7.16. The summed E-state index contributed by atoms with van der Waals surface area (Å²) >= 11 is 1.43. The van der Waals surface area contributed by atoms with Crippen LogP contribution in [0.2, 0.25) is 0 Å². The van der Waals surface area contributed by atoms with E-state index in [0.29, 0.717) is 33.8 Å². The Labute approximate surface area is 162 Å². The van der Waals surface area contributed by atoms with Gasteiger partial charge in [0.1, 0.15) is 22.2 Å². The highest BCUT2D eigenvalue weighted by Crippen LogP contribution is 2.18. The van der Waals surface area contributed by atoms with Crippen molar-refractivity contribution >= 4 is 27.5 Å². The normalized spacial score (nSPS) is 11.1. The number of nitrogens with zero attached hydrogens (tertiary/aromatic N) is 3. The summed E-state index contributed by atoms with van der Waals surface area (Å²) in [6.07, 6.45) is 0. The minimum atomic E-state index is -0.337. The molecule has 4 rings (SSSR count). The zero-order chi connectivity index (χ0) is 19.7. The third-order valence-corrected chi connectivity index (χ3v) is 5.16. The molecule has 7 nitrogen and oxygen atoms in total. The fourth-order valence-corrected chi connectivity index (χ4v) is 3.70. The maximum Gasteiger partial charge on any atom is 0.269 e. The number of carbonyl (C=O) groups is 1. The maximum atomic E-state index is 13.0. The number of nitrogens with one attached hydrogen (secondary N) is 2. The van der Waals surface area contributed by atoms with Gasteiger partial charge in [0.15, 0.2) is 0 Å². The van der Waals surface area contributed by atoms with Crippen molar-refractivity contribution in [2.24, 2.45) is 0 Å². The van der Waals surface area contributed by atoms with Crippen LogP contribution in [0, 0.1) is 12.7 Å². The number of amides is 1. The third kappa shape index (κ3) is 3.44. The second-order valence-corrected chi connectivity index (χ2v) is 7.08. The number of aromatic amines is 1. The van der Waals surface area contributed by atoms with Crippen molar-refractivity contribution in [3.05, 3.63) is 69.5 Å². The van der Waals surface area contributed by atoms with Crippen LogP contribution >= 0.6 is 11.3 Å². The molecule has 0 fully saturated rings. The lowest BCUT2D eigenvalue weighted by molar-refractivity contribution is 0.0947. The number of thiophene rings is 1. The number of aromatic nitrogens is 4. The summed E-state index contributed by atoms with van der Waals surface area (Å²) in [5.41, 5.74) is 1.42. The highest BCUT2D eigenvalue weighted by Gasteiger charge is 2.12. The number of hydrogen-bond acceptors (Lipinski definition) is 5. The number of rotatable bonds is 5. The Morgan fingerprint density at radius 2 is 2.07 bits per heavy atom. The van der Waals surface area contributed by atoms with Gasteiger partial charge in [0.2, 0.25) is 0 Å². The van der Waals surface area contributed by atoms with E-state index in [-0.39, 0.29) is 29.5 Å². The minimum Gasteiger partial charge on any atom is -0.349 e. The smallest absolute Gasteiger partial charge is 0.269 e. The molecule has 0 unspecified atom stereocenters. The second-order valence-electron chi connectivity index (χ2n) is 6.18. The monoisotopic (exact) mass is 397 g/mol. The van der Waals surface area contributed by atoms with Crippen LogP contribution in [0.1, 0.15) is 16.3 Å². The van der Waals surface area contributed by atoms with Crippen LogP contribution in [-0.2, 0) is 6.54 Å². The van der Waals surface area contributed by atoms with Gasteiger partial charge in [-0.3, -0.25) is 19.3 Å². The Balaban J connectivity index is 1.43. The molecular weight excluding hydrogens is 381 g/mol. The molecule has 9 heteroatoms. The van der Waals surface area contributed by atoms with Crippen LogP contribution in [0.3, 0.4) is 0 Å². The lowest BCUT2D eigenvalue weighted by Crippen LogP contribution is -2.32. The largest absolute Gasteiger partial charge is 0.349 e. The van der Waals surface area contributed by atoms with Gasteiger partial charge in [-0.25, -0.2) is 9.37 Å². The van der Waals surface area contributed by atoms with E-state index in [1.807, 2.05) is 5.38 Å². The maximum absolute atomic E-state index is 13.0. The summed E-state index contributed by atoms with van der Waals surface area (Å²) in [7, 11) is 0. The molecule has 3 aromatic heterocycles. The van der Waals surface area contributed by atoms with Crippen molar-refractivity contribution < 1.29 is 9.18 Å². The first kappa shape index (κ1) is 18.1. The number of aryl methyl sites for hydroxylation is 1. The van der Waals surface area contributed by atoms with Gasteiger partial charge in [-0.2, -0.15) is 5.10 Å². The Kier molecular flexibility index (Phi) is 4.74. The van der Waals surface area contributed by atoms with E-state index in [1.165, 1.54) is 23.5 Å². The lowest BCUT2D eigenvalue weighted by atomic mass is 10.1. The van der Waals surface area contributed by atoms with Crippen molar-refractivity contribution in [2.75, 3.05) is 6.54 Å². The summed E-state index contributed by atoms with van der Waals surface area (Å²) in [6, 6.07) is 9.21. The van der Waals surface area contributed by atoms with Gasteiger partial charge in [-0.15, -0.1) is 11.3 Å². The molecule has 1 amide bonds. The van der Waals surface area contributed by atoms with E-state index in [4.69, 9.17) is 0 Å². The van der Waals surface area contributed by atoms with E-state index < -0.39 is 0 Å². The van der Waals surface area contributed by atoms with E-state index >= 15 is 0 Å². The molecule has 0 saturated heterocycles. The molecule has 2 N–H and O–H groups in total. The van der Waals surface area contributed by atoms with Gasteiger partial charge < -0.3 is 5.32 Å². The first-order valence-corrected chi connectivity index (χ1v) is 9.45. The van der Waals surface area contributed by atoms with Crippen LogP contribution in [0.25, 0.3) is 21.5 Å². The van der Waals surface area contributed by atoms with Crippen molar-refractivity contribution in [1.29, 1.82) is 0 Å². The predicted molar refractivity (Wildman–Crippen MR) is 105 cm³/mol. The molecule has 3 heterocycles. The molecule has 4 aromatic rings. The molecule has 0 aliphatic heterocycles. The molecule has 0 aliphatic rings. The molecule has 0 bridgehead atoms. The number of carbonyl (C=O) groups excluding carboxylic acids is 1. The molecule has 28 heavy (non-hydrogen) atoms. The first-order chi connectivity index (χ1) is 13.5. The van der Waals surface area contributed by atoms with Crippen LogP contribution < -0.4 is 10.9 Å². The average Bonchev–Trinajstić information content (AvgIpc) is 3.34. The summed E-state index contributed by atoms with van der Waals surface area (Å²) < 4.78 is 14.6. The van der Waals surface area contributed by atoms with Crippen LogP contribution in [0.4, 0.5) is 4.39 Å². The van der Waals surface area contributed by atoms with Crippen molar-refractivity contribution in [2.45, 2.75) is 13.5 Å². The second kappa shape index (κ2) is 7.35. The van der Waals surface area contributed by atoms with Gasteiger partial charge in [-0.1, -0.05) is 0 Å². The molecule has 0 saturated carbocycles. The molecule has 0 aliphatic carbocycles. The van der Waals surface area contributed by atoms with Gasteiger partial charge in [0.05, 0.1) is 11.1 Å². The standard InChI is InChI=1S/C19H16FN5O2S/c1-11-22-18-14(6-9-28-18)19(27)25(11)8-7-21-17(26)16-10-15(23-24-16)12-2-4-13(20)5-3-12/h2-6,9-10H,7-8H2,1H3,(H,21,26)(H,23,24). The first-order valence-electron chi connectivity index (χ1n) is 8.57. The van der Waals surface area contributed by atoms with Crippen molar-refractivity contribution in [3.63, 3.8) is 0 Å². The number of benzene rings is 1. The Hall–Kier alpha value is -3.33. The van der Waals surface area contributed by atoms with Crippen molar-refractivity contribution in [3.8, 4) is 11.3 Å². The number of H-pyrrole nitrogens is 1. The SMILES string of the molecule is Cc1nc2sccc2c(=O)n1CCNC(=O)c1cc(-c2ccc(F)cc2)n[nH]1. The van der Waals surface area contributed by atoms with Gasteiger partial charge in [-0.05, 0) is 48.7 Å². The zero-order valence-corrected chi connectivity index (χ0v) is 15.7. The fraction of sp³-hybridized carbons (Fsp3) is 0.158. The van der Waals surface area contributed by atoms with Gasteiger partial charge in [0, 0.05) is 18.7 Å². The van der Waals surface area contributed by atoms with E-state index in [2.05, 4.69) is 20.5 Å². The van der Waals surface area contributed by atoms with E-state index in [1.54, 1.807) is 35.8 Å². The van der Waals surface area contributed by atoms with Gasteiger partial charge in [0.25, 0.3) is 11.5 Å². The van der Waals surface area contributed by atoms with Crippen LogP contribution in [0.5, 0.6) is 0 Å². The highest BCUT2D eigenvalue weighted by atomic mass is 32.1. The van der Waals surface area contributed by atoms with Gasteiger partial charge >= 0.3 is 0 Å². The Bertz CT molecular complexity index is 1210. The molecule has 1 aromatic carbocycles. The number of fused-ring (bicyclic) bond motifs is 1. The van der Waals surface area contributed by atoms with Crippen molar-refractivity contribution in [1.82, 2.24) is 25.1 Å². The summed E-state index contributed by atoms with van der Waals surface area (Å²) in [5.74, 6) is -0.0663. The zero-order valence-electron chi connectivity index (χ0n) is 14.9. The number of hydrogen-bond donors (Lipinski definition) is 2. The van der Waals surface area contributed by atoms with Crippen LogP contribution in [-0.4, -0.2) is 32.2 Å². The Morgan fingerprint density at radius 1 is 1.29 bits per heavy atom. The van der Waals surface area contributed by atoms with E-state index in [0.717, 1.165) is 0 Å². The van der Waals surface area contributed by atoms with E-state index in [9.17, 15) is 14.0 Å². The molecule has 142 valence electrons.